The lowest BCUT2D eigenvalue weighted by Crippen LogP contribution is -2.06. The molecule has 0 amide bonds. The van der Waals surface area contributed by atoms with Crippen molar-refractivity contribution in [3.05, 3.63) is 40.3 Å². The van der Waals surface area contributed by atoms with Crippen LogP contribution in [0.2, 0.25) is 5.15 Å². The van der Waals surface area contributed by atoms with E-state index in [0.717, 1.165) is 17.1 Å². The molecule has 2 aromatic rings. The Labute approximate surface area is 106 Å². The predicted octanol–water partition coefficient (Wildman–Crippen LogP) is 3.07. The summed E-state index contributed by atoms with van der Waals surface area (Å²) in [6.07, 6.45) is 0. The maximum atomic E-state index is 6.18. The number of nitrogens with zero attached hydrogens (tertiary/aromatic N) is 1. The van der Waals surface area contributed by atoms with Crippen molar-refractivity contribution < 1.29 is 0 Å². The van der Waals surface area contributed by atoms with Crippen LogP contribution in [0.4, 0.5) is 0 Å². The Bertz CT molecular complexity index is 531. The van der Waals surface area contributed by atoms with Crippen LogP contribution in [0.1, 0.15) is 17.0 Å². The number of aryl methyl sites for hydroxylation is 2. The molecular weight excluding hydrogens is 234 g/mol. The number of imidazole rings is 1. The maximum absolute atomic E-state index is 6.18. The van der Waals surface area contributed by atoms with Gasteiger partial charge in [0.05, 0.1) is 6.54 Å². The lowest BCUT2D eigenvalue weighted by atomic mass is 10.0. The number of H-pyrrole nitrogens is 1. The highest BCUT2D eigenvalue weighted by Crippen LogP contribution is 2.28. The van der Waals surface area contributed by atoms with Crippen molar-refractivity contribution in [2.24, 2.45) is 0 Å². The second-order valence-electron chi connectivity index (χ2n) is 4.19. The van der Waals surface area contributed by atoms with Crippen molar-refractivity contribution in [3.63, 3.8) is 0 Å². The minimum Gasteiger partial charge on any atom is -0.331 e. The summed E-state index contributed by atoms with van der Waals surface area (Å²) in [6.45, 7) is 4.84. The monoisotopic (exact) mass is 249 g/mol. The van der Waals surface area contributed by atoms with Crippen molar-refractivity contribution in [1.82, 2.24) is 15.3 Å². The van der Waals surface area contributed by atoms with Gasteiger partial charge in [-0.15, -0.1) is 0 Å². The lowest BCUT2D eigenvalue weighted by Gasteiger charge is -2.04. The molecule has 0 bridgehead atoms. The number of aromatic nitrogens is 2. The molecule has 2 N–H and O–H groups in total. The zero-order valence-corrected chi connectivity index (χ0v) is 11.0. The standard InChI is InChI=1S/C13H16ClN3/c1-8-4-5-10(9(2)6-8)12-13(14)17-11(16-12)7-15-3/h4-6,15H,7H2,1-3H3,(H,16,17). The molecule has 90 valence electrons. The third kappa shape index (κ3) is 2.51. The van der Waals surface area contributed by atoms with Gasteiger partial charge in [-0.3, -0.25) is 0 Å². The molecule has 0 unspecified atom stereocenters. The average Bonchev–Trinajstić information content (AvgIpc) is 2.60. The molecule has 1 aromatic carbocycles. The lowest BCUT2D eigenvalue weighted by molar-refractivity contribution is 0.772. The Hall–Kier alpha value is -1.32. The van der Waals surface area contributed by atoms with E-state index in [4.69, 9.17) is 11.6 Å². The fourth-order valence-electron chi connectivity index (χ4n) is 1.91. The van der Waals surface area contributed by atoms with Crippen LogP contribution in [0.15, 0.2) is 18.2 Å². The molecule has 0 aliphatic carbocycles. The van der Waals surface area contributed by atoms with Crippen molar-refractivity contribution in [2.75, 3.05) is 7.05 Å². The first-order chi connectivity index (χ1) is 8.11. The quantitative estimate of drug-likeness (QED) is 0.878. The molecular formula is C13H16ClN3. The normalized spacial score (nSPS) is 10.8. The minimum absolute atomic E-state index is 0.599. The molecule has 17 heavy (non-hydrogen) atoms. The van der Waals surface area contributed by atoms with E-state index in [1.54, 1.807) is 0 Å². The van der Waals surface area contributed by atoms with Crippen LogP contribution < -0.4 is 5.32 Å². The third-order valence-corrected chi connectivity index (χ3v) is 2.96. The van der Waals surface area contributed by atoms with Crippen molar-refractivity contribution in [2.45, 2.75) is 20.4 Å². The second kappa shape index (κ2) is 4.90. The molecule has 0 spiro atoms. The predicted molar refractivity (Wildman–Crippen MR) is 71.3 cm³/mol. The topological polar surface area (TPSA) is 40.7 Å². The van der Waals surface area contributed by atoms with E-state index >= 15 is 0 Å². The Balaban J connectivity index is 2.45. The van der Waals surface area contributed by atoms with Gasteiger partial charge in [0.15, 0.2) is 0 Å². The highest BCUT2D eigenvalue weighted by atomic mass is 35.5. The number of hydrogen-bond donors (Lipinski definition) is 2. The van der Waals surface area contributed by atoms with E-state index < -0.39 is 0 Å². The third-order valence-electron chi connectivity index (χ3n) is 2.69. The number of hydrogen-bond acceptors (Lipinski definition) is 2. The highest BCUT2D eigenvalue weighted by molar-refractivity contribution is 6.32. The van der Waals surface area contributed by atoms with E-state index in [2.05, 4.69) is 47.3 Å². The summed E-state index contributed by atoms with van der Waals surface area (Å²) in [5.41, 5.74) is 4.34. The first-order valence-corrected chi connectivity index (χ1v) is 5.96. The molecule has 1 aromatic heterocycles. The van der Waals surface area contributed by atoms with Crippen LogP contribution in [0.25, 0.3) is 11.3 Å². The summed E-state index contributed by atoms with van der Waals surface area (Å²) in [5, 5.41) is 3.65. The first kappa shape index (κ1) is 12.1. The van der Waals surface area contributed by atoms with Crippen LogP contribution in [-0.4, -0.2) is 17.0 Å². The van der Waals surface area contributed by atoms with Gasteiger partial charge in [-0.2, -0.15) is 0 Å². The zero-order chi connectivity index (χ0) is 12.4. The fourth-order valence-corrected chi connectivity index (χ4v) is 2.16. The summed E-state index contributed by atoms with van der Waals surface area (Å²) >= 11 is 6.18. The van der Waals surface area contributed by atoms with Crippen LogP contribution in [-0.2, 0) is 6.54 Å². The van der Waals surface area contributed by atoms with E-state index in [1.165, 1.54) is 11.1 Å². The van der Waals surface area contributed by atoms with Crippen molar-refractivity contribution in [3.8, 4) is 11.3 Å². The molecule has 0 aliphatic heterocycles. The van der Waals surface area contributed by atoms with Crippen molar-refractivity contribution >= 4 is 11.6 Å². The summed E-state index contributed by atoms with van der Waals surface area (Å²) < 4.78 is 0. The Kier molecular flexibility index (Phi) is 3.50. The zero-order valence-electron chi connectivity index (χ0n) is 10.3. The number of rotatable bonds is 3. The SMILES string of the molecule is CNCc1nc(-c2ccc(C)cc2C)c(Cl)[nH]1. The van der Waals surface area contributed by atoms with Gasteiger partial charge in [0.1, 0.15) is 16.7 Å². The maximum Gasteiger partial charge on any atom is 0.134 e. The second-order valence-corrected chi connectivity index (χ2v) is 4.57. The molecule has 4 heteroatoms. The highest BCUT2D eigenvalue weighted by Gasteiger charge is 2.12. The molecule has 0 fully saturated rings. The Morgan fingerprint density at radius 1 is 1.35 bits per heavy atom. The van der Waals surface area contributed by atoms with Gasteiger partial charge in [0.2, 0.25) is 0 Å². The van der Waals surface area contributed by atoms with Crippen LogP contribution >= 0.6 is 11.6 Å². The molecule has 0 saturated carbocycles. The smallest absolute Gasteiger partial charge is 0.134 e. The number of aromatic amines is 1. The summed E-state index contributed by atoms with van der Waals surface area (Å²) in [4.78, 5) is 7.59. The van der Waals surface area contributed by atoms with Gasteiger partial charge in [0.25, 0.3) is 0 Å². The molecule has 0 radical (unpaired) electrons. The van der Waals surface area contributed by atoms with Gasteiger partial charge in [0, 0.05) is 5.56 Å². The Morgan fingerprint density at radius 3 is 2.76 bits per heavy atom. The van der Waals surface area contributed by atoms with Gasteiger partial charge >= 0.3 is 0 Å². The van der Waals surface area contributed by atoms with Gasteiger partial charge < -0.3 is 10.3 Å². The first-order valence-electron chi connectivity index (χ1n) is 5.58. The fraction of sp³-hybridized carbons (Fsp3) is 0.308. The molecule has 1 heterocycles. The largest absolute Gasteiger partial charge is 0.331 e. The van der Waals surface area contributed by atoms with E-state index in [0.29, 0.717) is 11.7 Å². The average molecular weight is 250 g/mol. The van der Waals surface area contributed by atoms with Crippen LogP contribution in [0.3, 0.4) is 0 Å². The van der Waals surface area contributed by atoms with Gasteiger partial charge in [-0.05, 0) is 26.5 Å². The Morgan fingerprint density at radius 2 is 2.12 bits per heavy atom. The van der Waals surface area contributed by atoms with Crippen LogP contribution in [0.5, 0.6) is 0 Å². The number of halogens is 1. The van der Waals surface area contributed by atoms with Crippen molar-refractivity contribution in [1.29, 1.82) is 0 Å². The molecule has 0 aliphatic rings. The molecule has 0 atom stereocenters. The van der Waals surface area contributed by atoms with E-state index in [9.17, 15) is 0 Å². The molecule has 3 nitrogen and oxygen atoms in total. The van der Waals surface area contributed by atoms with E-state index in [1.807, 2.05) is 7.05 Å². The summed E-state index contributed by atoms with van der Waals surface area (Å²) in [6, 6.07) is 6.28. The van der Waals surface area contributed by atoms with Gasteiger partial charge in [-0.1, -0.05) is 35.4 Å². The number of benzene rings is 1. The van der Waals surface area contributed by atoms with E-state index in [-0.39, 0.29) is 0 Å². The summed E-state index contributed by atoms with van der Waals surface area (Å²) in [5.74, 6) is 0.854. The minimum atomic E-state index is 0.599. The summed E-state index contributed by atoms with van der Waals surface area (Å²) in [7, 11) is 1.88. The van der Waals surface area contributed by atoms with Gasteiger partial charge in [-0.25, -0.2) is 4.98 Å². The molecule has 0 saturated heterocycles. The van der Waals surface area contributed by atoms with Crippen LogP contribution in [0, 0.1) is 13.8 Å². The number of nitrogens with one attached hydrogen (secondary N) is 2. The molecule has 2 rings (SSSR count).